The highest BCUT2D eigenvalue weighted by atomic mass is 19.1. The first-order chi connectivity index (χ1) is 14.5. The van der Waals surface area contributed by atoms with Crippen LogP contribution in [0, 0.1) is 18.6 Å². The molecule has 0 aliphatic heterocycles. The van der Waals surface area contributed by atoms with Gasteiger partial charge in [-0.2, -0.15) is 4.68 Å². The predicted octanol–water partition coefficient (Wildman–Crippen LogP) is 3.05. The van der Waals surface area contributed by atoms with E-state index in [1.807, 2.05) is 68.6 Å². The van der Waals surface area contributed by atoms with Gasteiger partial charge in [-0.05, 0) is 41.1 Å². The van der Waals surface area contributed by atoms with Gasteiger partial charge in [0.1, 0.15) is 18.2 Å². The van der Waals surface area contributed by atoms with Gasteiger partial charge in [0.2, 0.25) is 5.82 Å². The van der Waals surface area contributed by atoms with Crippen LogP contribution in [0.5, 0.6) is 0 Å². The van der Waals surface area contributed by atoms with Crippen LogP contribution >= 0.6 is 0 Å². The summed E-state index contributed by atoms with van der Waals surface area (Å²) in [6, 6.07) is 21.2. The SMILES string of the molecule is Cc1ccccc1-n1nnnc1[C@@H](c1ccccc1)[NH+](C)Cc1ccc(F)cc1F. The number of quaternary nitrogens is 1. The van der Waals surface area contributed by atoms with Crippen LogP contribution in [-0.4, -0.2) is 27.3 Å². The Morgan fingerprint density at radius 2 is 1.70 bits per heavy atom. The molecule has 0 aliphatic carbocycles. The Morgan fingerprint density at radius 3 is 2.43 bits per heavy atom. The van der Waals surface area contributed by atoms with Gasteiger partial charge in [0.15, 0.2) is 6.04 Å². The number of benzene rings is 3. The third-order valence-corrected chi connectivity index (χ3v) is 5.21. The second-order valence-corrected chi connectivity index (χ2v) is 7.34. The van der Waals surface area contributed by atoms with E-state index in [1.54, 1.807) is 4.68 Å². The lowest BCUT2D eigenvalue weighted by Gasteiger charge is -2.25. The molecule has 0 fully saturated rings. The summed E-state index contributed by atoms with van der Waals surface area (Å²) >= 11 is 0. The average molecular weight is 406 g/mol. The highest BCUT2D eigenvalue weighted by Crippen LogP contribution is 2.21. The third-order valence-electron chi connectivity index (χ3n) is 5.21. The summed E-state index contributed by atoms with van der Waals surface area (Å²) in [6.07, 6.45) is 0. The second kappa shape index (κ2) is 8.51. The molecule has 5 nitrogen and oxygen atoms in total. The quantitative estimate of drug-likeness (QED) is 0.536. The molecule has 30 heavy (non-hydrogen) atoms. The van der Waals surface area contributed by atoms with E-state index in [1.165, 1.54) is 12.1 Å². The number of hydrogen-bond acceptors (Lipinski definition) is 3. The highest BCUT2D eigenvalue weighted by molar-refractivity contribution is 5.40. The molecule has 0 saturated heterocycles. The van der Waals surface area contributed by atoms with Crippen LogP contribution in [0.2, 0.25) is 0 Å². The lowest BCUT2D eigenvalue weighted by atomic mass is 10.0. The van der Waals surface area contributed by atoms with Gasteiger partial charge in [0.25, 0.3) is 0 Å². The molecule has 2 atom stereocenters. The zero-order valence-electron chi connectivity index (χ0n) is 16.8. The Labute approximate surface area is 173 Å². The number of aromatic nitrogens is 4. The Hall–Kier alpha value is -3.45. The van der Waals surface area contributed by atoms with Crippen molar-refractivity contribution in [1.82, 2.24) is 20.2 Å². The fourth-order valence-electron chi connectivity index (χ4n) is 3.71. The molecule has 0 amide bonds. The van der Waals surface area contributed by atoms with Gasteiger partial charge in [0.05, 0.1) is 12.7 Å². The fourth-order valence-corrected chi connectivity index (χ4v) is 3.71. The van der Waals surface area contributed by atoms with Gasteiger partial charge in [-0.15, -0.1) is 5.10 Å². The third kappa shape index (κ3) is 3.97. The van der Waals surface area contributed by atoms with Gasteiger partial charge in [-0.3, -0.25) is 0 Å². The highest BCUT2D eigenvalue weighted by Gasteiger charge is 2.30. The number of nitrogens with zero attached hydrogens (tertiary/aromatic N) is 4. The molecular formula is C23H22F2N5+. The number of hydrogen-bond donors (Lipinski definition) is 1. The average Bonchev–Trinajstić information content (AvgIpc) is 3.20. The van der Waals surface area contributed by atoms with E-state index >= 15 is 0 Å². The number of aryl methyl sites for hydroxylation is 1. The summed E-state index contributed by atoms with van der Waals surface area (Å²) in [5.74, 6) is -0.493. The largest absolute Gasteiger partial charge is 0.321 e. The first-order valence-electron chi connectivity index (χ1n) is 9.70. The van der Waals surface area contributed by atoms with Crippen molar-refractivity contribution in [3.8, 4) is 5.69 Å². The molecule has 0 aliphatic rings. The van der Waals surface area contributed by atoms with Gasteiger partial charge in [0, 0.05) is 17.2 Å². The molecule has 1 N–H and O–H groups in total. The van der Waals surface area contributed by atoms with E-state index in [0.29, 0.717) is 17.9 Å². The van der Waals surface area contributed by atoms with Crippen molar-refractivity contribution in [1.29, 1.82) is 0 Å². The normalized spacial score (nSPS) is 13.2. The lowest BCUT2D eigenvalue weighted by Crippen LogP contribution is -3.08. The van der Waals surface area contributed by atoms with Gasteiger partial charge in [-0.1, -0.05) is 48.5 Å². The minimum atomic E-state index is -0.586. The molecule has 3 aromatic carbocycles. The fraction of sp³-hybridized carbons (Fsp3) is 0.174. The minimum Gasteiger partial charge on any atom is -0.321 e. The van der Waals surface area contributed by atoms with E-state index in [9.17, 15) is 8.78 Å². The van der Waals surface area contributed by atoms with Gasteiger partial charge < -0.3 is 4.90 Å². The van der Waals surface area contributed by atoms with Crippen LogP contribution in [-0.2, 0) is 6.54 Å². The van der Waals surface area contributed by atoms with Crippen molar-refractivity contribution >= 4 is 0 Å². The van der Waals surface area contributed by atoms with Crippen molar-refractivity contribution in [2.75, 3.05) is 7.05 Å². The van der Waals surface area contributed by atoms with E-state index < -0.39 is 11.6 Å². The molecule has 1 heterocycles. The molecule has 0 bridgehead atoms. The maximum Gasteiger partial charge on any atom is 0.218 e. The molecule has 0 radical (unpaired) electrons. The van der Waals surface area contributed by atoms with Crippen molar-refractivity contribution in [2.24, 2.45) is 0 Å². The maximum absolute atomic E-state index is 14.3. The summed E-state index contributed by atoms with van der Waals surface area (Å²) in [7, 11) is 1.96. The van der Waals surface area contributed by atoms with E-state index in [2.05, 4.69) is 15.5 Å². The van der Waals surface area contributed by atoms with Crippen LogP contribution in [0.3, 0.4) is 0 Å². The van der Waals surface area contributed by atoms with Crippen LogP contribution in [0.15, 0.2) is 72.8 Å². The zero-order chi connectivity index (χ0) is 21.1. The van der Waals surface area contributed by atoms with Crippen LogP contribution in [0.25, 0.3) is 5.69 Å². The maximum atomic E-state index is 14.3. The molecule has 0 saturated carbocycles. The summed E-state index contributed by atoms with van der Waals surface area (Å²) < 4.78 is 29.4. The van der Waals surface area contributed by atoms with Gasteiger partial charge in [-0.25, -0.2) is 8.78 Å². The van der Waals surface area contributed by atoms with Crippen molar-refractivity contribution in [3.63, 3.8) is 0 Å². The predicted molar refractivity (Wildman–Crippen MR) is 109 cm³/mol. The molecule has 0 spiro atoms. The first kappa shape index (κ1) is 19.8. The zero-order valence-corrected chi connectivity index (χ0v) is 16.8. The first-order valence-corrected chi connectivity index (χ1v) is 9.70. The Balaban J connectivity index is 1.77. The Morgan fingerprint density at radius 1 is 0.967 bits per heavy atom. The summed E-state index contributed by atoms with van der Waals surface area (Å²) in [5.41, 5.74) is 3.37. The van der Waals surface area contributed by atoms with Crippen molar-refractivity contribution in [2.45, 2.75) is 19.5 Å². The van der Waals surface area contributed by atoms with Crippen LogP contribution < -0.4 is 4.90 Å². The second-order valence-electron chi connectivity index (χ2n) is 7.34. The summed E-state index contributed by atoms with van der Waals surface area (Å²) in [6.45, 7) is 2.34. The molecule has 1 aromatic heterocycles. The number of rotatable bonds is 6. The Kier molecular flexibility index (Phi) is 5.63. The summed E-state index contributed by atoms with van der Waals surface area (Å²) in [5, 5.41) is 12.5. The van der Waals surface area contributed by atoms with E-state index in [0.717, 1.165) is 27.8 Å². The molecule has 152 valence electrons. The smallest absolute Gasteiger partial charge is 0.218 e. The topological polar surface area (TPSA) is 48.0 Å². The minimum absolute atomic E-state index is 0.259. The van der Waals surface area contributed by atoms with Crippen LogP contribution in [0.4, 0.5) is 8.78 Å². The Bertz CT molecular complexity index is 1140. The standard InChI is InChI=1S/C23H21F2N5/c1-16-8-6-7-11-21(16)30-23(26-27-28-30)22(17-9-4-3-5-10-17)29(2)15-18-12-13-19(24)14-20(18)25/h3-14,22H,15H2,1-2H3/p+1/t22-/m1/s1. The van der Waals surface area contributed by atoms with Gasteiger partial charge >= 0.3 is 0 Å². The van der Waals surface area contributed by atoms with Crippen molar-refractivity contribution < 1.29 is 13.7 Å². The molecule has 4 rings (SSSR count). The number of tetrazole rings is 1. The van der Waals surface area contributed by atoms with E-state index in [-0.39, 0.29) is 6.04 Å². The molecular weight excluding hydrogens is 384 g/mol. The summed E-state index contributed by atoms with van der Waals surface area (Å²) in [4.78, 5) is 0.955. The number of halogens is 2. The number of nitrogens with one attached hydrogen (secondary N) is 1. The van der Waals surface area contributed by atoms with Crippen LogP contribution in [0.1, 0.15) is 28.6 Å². The molecule has 4 aromatic rings. The van der Waals surface area contributed by atoms with Crippen molar-refractivity contribution in [3.05, 3.63) is 107 Å². The van der Waals surface area contributed by atoms with E-state index in [4.69, 9.17) is 0 Å². The molecule has 1 unspecified atom stereocenters. The lowest BCUT2D eigenvalue weighted by molar-refractivity contribution is -0.920. The molecule has 7 heteroatoms. The monoisotopic (exact) mass is 406 g/mol. The number of para-hydroxylation sites is 1.